The van der Waals surface area contributed by atoms with Gasteiger partial charge in [-0.1, -0.05) is 37.4 Å². The van der Waals surface area contributed by atoms with Gasteiger partial charge in [-0.15, -0.1) is 10.2 Å². The fraction of sp³-hybridized carbons (Fsp3) is 0.688. The van der Waals surface area contributed by atoms with Crippen molar-refractivity contribution >= 4 is 41.1 Å². The fourth-order valence-corrected chi connectivity index (χ4v) is 3.82. The molecule has 0 spiro atoms. The Morgan fingerprint density at radius 3 is 2.07 bits per heavy atom. The Morgan fingerprint density at radius 2 is 1.63 bits per heavy atom. The Hall–Kier alpha value is -1.75. The molecule has 2 amide bonds. The number of aromatic nitrogens is 3. The molecular weight excluding hydrogens is 388 g/mol. The normalized spacial score (nSPS) is 12.1. The molecule has 0 bridgehead atoms. The number of rotatable bonds is 11. The monoisotopic (exact) mass is 416 g/mol. The van der Waals surface area contributed by atoms with Crippen LogP contribution >= 0.6 is 23.5 Å². The standard InChI is InChI=1S/C16H28N6O3S2/c1-6-21(7-2)13(25)9-27-16-20-19-15(22(16)17)26-8-12(24)18-14(10(3)4)11(5)23/h10,14H,6-9,17H2,1-5H3,(H,18,24). The van der Waals surface area contributed by atoms with Gasteiger partial charge in [-0.2, -0.15) is 0 Å². The van der Waals surface area contributed by atoms with Crippen LogP contribution in [0.4, 0.5) is 0 Å². The van der Waals surface area contributed by atoms with Crippen molar-refractivity contribution < 1.29 is 14.4 Å². The fourth-order valence-electron chi connectivity index (χ4n) is 2.34. The van der Waals surface area contributed by atoms with Crippen molar-refractivity contribution in [2.75, 3.05) is 30.4 Å². The highest BCUT2D eigenvalue weighted by Gasteiger charge is 2.21. The summed E-state index contributed by atoms with van der Waals surface area (Å²) < 4.78 is 1.27. The lowest BCUT2D eigenvalue weighted by Crippen LogP contribution is -2.44. The summed E-state index contributed by atoms with van der Waals surface area (Å²) in [6, 6.07) is -0.508. The van der Waals surface area contributed by atoms with E-state index in [1.807, 2.05) is 27.7 Å². The predicted octanol–water partition coefficient (Wildman–Crippen LogP) is 0.774. The molecule has 1 heterocycles. The van der Waals surface area contributed by atoms with Gasteiger partial charge in [0.05, 0.1) is 17.5 Å². The second-order valence-electron chi connectivity index (χ2n) is 6.18. The van der Waals surface area contributed by atoms with Gasteiger partial charge in [0.1, 0.15) is 0 Å². The zero-order valence-corrected chi connectivity index (χ0v) is 18.0. The number of hydrogen-bond donors (Lipinski definition) is 2. The molecule has 0 aliphatic carbocycles. The van der Waals surface area contributed by atoms with Gasteiger partial charge in [-0.05, 0) is 26.7 Å². The summed E-state index contributed by atoms with van der Waals surface area (Å²) in [4.78, 5) is 37.4. The molecular formula is C16H28N6O3S2. The summed E-state index contributed by atoms with van der Waals surface area (Å²) in [5.74, 6) is 5.90. The molecule has 1 rings (SSSR count). The first-order valence-electron chi connectivity index (χ1n) is 8.74. The highest BCUT2D eigenvalue weighted by atomic mass is 32.2. The van der Waals surface area contributed by atoms with Crippen molar-refractivity contribution in [3.8, 4) is 0 Å². The highest BCUT2D eigenvalue weighted by Crippen LogP contribution is 2.21. The molecule has 27 heavy (non-hydrogen) atoms. The number of ketones is 1. The topological polar surface area (TPSA) is 123 Å². The Balaban J connectivity index is 2.57. The van der Waals surface area contributed by atoms with Gasteiger partial charge in [-0.3, -0.25) is 14.4 Å². The van der Waals surface area contributed by atoms with Gasteiger partial charge in [0.15, 0.2) is 5.78 Å². The smallest absolute Gasteiger partial charge is 0.233 e. The van der Waals surface area contributed by atoms with Crippen molar-refractivity contribution in [1.82, 2.24) is 25.1 Å². The van der Waals surface area contributed by atoms with Crippen LogP contribution < -0.4 is 11.2 Å². The minimum atomic E-state index is -0.508. The highest BCUT2D eigenvalue weighted by molar-refractivity contribution is 8.00. The second-order valence-corrected chi connectivity index (χ2v) is 8.06. The van der Waals surface area contributed by atoms with E-state index in [0.717, 1.165) is 11.8 Å². The molecule has 0 saturated carbocycles. The lowest BCUT2D eigenvalue weighted by molar-refractivity contribution is -0.128. The van der Waals surface area contributed by atoms with E-state index in [-0.39, 0.29) is 35.0 Å². The number of nitrogens with one attached hydrogen (secondary N) is 1. The van der Waals surface area contributed by atoms with E-state index < -0.39 is 6.04 Å². The van der Waals surface area contributed by atoms with Crippen molar-refractivity contribution in [3.05, 3.63) is 0 Å². The van der Waals surface area contributed by atoms with Gasteiger partial charge in [-0.25, -0.2) is 4.68 Å². The van der Waals surface area contributed by atoms with Crippen LogP contribution in [0.1, 0.15) is 34.6 Å². The third-order valence-electron chi connectivity index (χ3n) is 3.83. The molecule has 11 heteroatoms. The minimum Gasteiger partial charge on any atom is -0.345 e. The Morgan fingerprint density at radius 1 is 1.11 bits per heavy atom. The quantitative estimate of drug-likeness (QED) is 0.401. The Kier molecular flexibility index (Phi) is 9.64. The summed E-state index contributed by atoms with van der Waals surface area (Å²) in [5.41, 5.74) is 0. The maximum Gasteiger partial charge on any atom is 0.233 e. The van der Waals surface area contributed by atoms with Crippen molar-refractivity contribution in [2.45, 2.75) is 51.0 Å². The SMILES string of the molecule is CCN(CC)C(=O)CSc1nnc(SCC(=O)NC(C(C)=O)C(C)C)n1N. The van der Waals surface area contributed by atoms with Crippen LogP contribution in [0.3, 0.4) is 0 Å². The van der Waals surface area contributed by atoms with Crippen LogP contribution in [-0.4, -0.2) is 68.0 Å². The predicted molar refractivity (Wildman–Crippen MR) is 107 cm³/mol. The van der Waals surface area contributed by atoms with Crippen LogP contribution in [0.5, 0.6) is 0 Å². The van der Waals surface area contributed by atoms with E-state index >= 15 is 0 Å². The van der Waals surface area contributed by atoms with E-state index in [0.29, 0.717) is 23.4 Å². The molecule has 0 saturated heterocycles. The maximum absolute atomic E-state index is 12.1. The molecule has 9 nitrogen and oxygen atoms in total. The maximum atomic E-state index is 12.1. The first kappa shape index (κ1) is 23.3. The number of nitrogens with two attached hydrogens (primary N) is 1. The summed E-state index contributed by atoms with van der Waals surface area (Å²) >= 11 is 2.33. The molecule has 152 valence electrons. The zero-order chi connectivity index (χ0) is 20.6. The molecule has 3 N–H and O–H groups in total. The van der Waals surface area contributed by atoms with Gasteiger partial charge < -0.3 is 16.1 Å². The number of nitrogens with zero attached hydrogens (tertiary/aromatic N) is 4. The molecule has 1 aromatic heterocycles. The summed E-state index contributed by atoms with van der Waals surface area (Å²) in [7, 11) is 0. The van der Waals surface area contributed by atoms with E-state index in [2.05, 4.69) is 15.5 Å². The largest absolute Gasteiger partial charge is 0.345 e. The van der Waals surface area contributed by atoms with E-state index in [1.165, 1.54) is 23.4 Å². The van der Waals surface area contributed by atoms with Crippen LogP contribution in [0, 0.1) is 5.92 Å². The molecule has 1 aromatic rings. The molecule has 1 atom stereocenters. The first-order valence-corrected chi connectivity index (χ1v) is 10.7. The van der Waals surface area contributed by atoms with Gasteiger partial charge >= 0.3 is 0 Å². The van der Waals surface area contributed by atoms with Crippen molar-refractivity contribution in [2.24, 2.45) is 5.92 Å². The molecule has 0 fully saturated rings. The third kappa shape index (κ3) is 7.06. The summed E-state index contributed by atoms with van der Waals surface area (Å²) in [6.07, 6.45) is 0. The van der Waals surface area contributed by atoms with E-state index in [1.54, 1.807) is 4.90 Å². The number of amides is 2. The number of Topliss-reactive ketones (excluding diaryl/α,β-unsaturated/α-hetero) is 1. The molecule has 1 unspecified atom stereocenters. The van der Waals surface area contributed by atoms with E-state index in [9.17, 15) is 14.4 Å². The Bertz CT molecular complexity index is 661. The van der Waals surface area contributed by atoms with Crippen LogP contribution in [0.15, 0.2) is 10.3 Å². The summed E-state index contributed by atoms with van der Waals surface area (Å²) in [5, 5.41) is 11.4. The third-order valence-corrected chi connectivity index (χ3v) is 5.70. The lowest BCUT2D eigenvalue weighted by atomic mass is 10.0. The van der Waals surface area contributed by atoms with Gasteiger partial charge in [0.2, 0.25) is 22.1 Å². The molecule has 0 aromatic carbocycles. The first-order chi connectivity index (χ1) is 12.7. The number of hydrogen-bond acceptors (Lipinski definition) is 8. The van der Waals surface area contributed by atoms with Gasteiger partial charge in [0, 0.05) is 13.1 Å². The average Bonchev–Trinajstić information content (AvgIpc) is 2.96. The molecule has 0 aliphatic rings. The van der Waals surface area contributed by atoms with Crippen LogP contribution in [0.2, 0.25) is 0 Å². The summed E-state index contributed by atoms with van der Waals surface area (Å²) in [6.45, 7) is 10.4. The number of nitrogen functional groups attached to an aromatic ring is 1. The van der Waals surface area contributed by atoms with Gasteiger partial charge in [0.25, 0.3) is 0 Å². The van der Waals surface area contributed by atoms with Crippen LogP contribution in [-0.2, 0) is 14.4 Å². The van der Waals surface area contributed by atoms with Crippen LogP contribution in [0.25, 0.3) is 0 Å². The number of carbonyl (C=O) groups is 3. The minimum absolute atomic E-state index is 0.00513. The Labute approximate surface area is 168 Å². The number of carbonyl (C=O) groups excluding carboxylic acids is 3. The zero-order valence-electron chi connectivity index (χ0n) is 16.4. The van der Waals surface area contributed by atoms with Crippen molar-refractivity contribution in [3.63, 3.8) is 0 Å². The second kappa shape index (κ2) is 11.2. The average molecular weight is 417 g/mol. The van der Waals surface area contributed by atoms with Crippen molar-refractivity contribution in [1.29, 1.82) is 0 Å². The lowest BCUT2D eigenvalue weighted by Gasteiger charge is -2.19. The number of thioether (sulfide) groups is 2. The molecule has 0 radical (unpaired) electrons. The van der Waals surface area contributed by atoms with E-state index in [4.69, 9.17) is 5.84 Å². The molecule has 0 aliphatic heterocycles.